The van der Waals surface area contributed by atoms with E-state index < -0.39 is 5.97 Å². The summed E-state index contributed by atoms with van der Waals surface area (Å²) >= 11 is 0. The lowest BCUT2D eigenvalue weighted by molar-refractivity contribution is -0.125. The molecule has 0 unspecified atom stereocenters. The normalized spacial score (nSPS) is 14.8. The van der Waals surface area contributed by atoms with Gasteiger partial charge in [-0.25, -0.2) is 4.79 Å². The lowest BCUT2D eigenvalue weighted by Crippen LogP contribution is -2.37. The summed E-state index contributed by atoms with van der Waals surface area (Å²) in [7, 11) is 0. The number of carbonyl (C=O) groups excluding carboxylic acids is 2. The molecule has 2 aromatic rings. The summed E-state index contributed by atoms with van der Waals surface area (Å²) in [6.45, 7) is -0.265. The van der Waals surface area contributed by atoms with Gasteiger partial charge in [-0.3, -0.25) is 4.79 Å². The molecule has 0 saturated heterocycles. The molecular weight excluding hydrogens is 342 g/mol. The summed E-state index contributed by atoms with van der Waals surface area (Å²) in [5.41, 5.74) is 0.352. The summed E-state index contributed by atoms with van der Waals surface area (Å²) in [6.07, 6.45) is 6.72. The molecule has 0 aromatic heterocycles. The largest absolute Gasteiger partial charge is 0.457 e. The third kappa shape index (κ3) is 6.13. The van der Waals surface area contributed by atoms with Crippen molar-refractivity contribution in [1.29, 1.82) is 0 Å². The van der Waals surface area contributed by atoms with Gasteiger partial charge < -0.3 is 14.8 Å². The van der Waals surface area contributed by atoms with E-state index in [0.717, 1.165) is 25.7 Å². The van der Waals surface area contributed by atoms with Crippen molar-refractivity contribution >= 4 is 11.9 Å². The molecule has 142 valence electrons. The number of para-hydroxylation sites is 1. The first-order valence-electron chi connectivity index (χ1n) is 9.50. The Morgan fingerprint density at radius 2 is 1.59 bits per heavy atom. The Kier molecular flexibility index (Phi) is 6.85. The van der Waals surface area contributed by atoms with Gasteiger partial charge in [-0.2, -0.15) is 0 Å². The fourth-order valence-electron chi connectivity index (χ4n) is 3.22. The SMILES string of the molecule is O=C(COC(=O)c1cccc(Oc2ccccc2)c1)NC1CCCCCC1. The molecule has 27 heavy (non-hydrogen) atoms. The Morgan fingerprint density at radius 3 is 2.33 bits per heavy atom. The number of hydrogen-bond donors (Lipinski definition) is 1. The van der Waals surface area contributed by atoms with E-state index in [-0.39, 0.29) is 18.6 Å². The second-order valence-corrected chi connectivity index (χ2v) is 6.78. The van der Waals surface area contributed by atoms with Gasteiger partial charge in [-0.05, 0) is 43.2 Å². The molecule has 0 radical (unpaired) electrons. The molecule has 1 amide bonds. The highest BCUT2D eigenvalue weighted by molar-refractivity contribution is 5.91. The maximum atomic E-state index is 12.2. The molecule has 1 aliphatic rings. The fourth-order valence-corrected chi connectivity index (χ4v) is 3.22. The summed E-state index contributed by atoms with van der Waals surface area (Å²) in [5, 5.41) is 2.97. The molecule has 1 N–H and O–H groups in total. The number of benzene rings is 2. The lowest BCUT2D eigenvalue weighted by atomic mass is 10.1. The Morgan fingerprint density at radius 1 is 0.889 bits per heavy atom. The van der Waals surface area contributed by atoms with Crippen molar-refractivity contribution < 1.29 is 19.1 Å². The highest BCUT2D eigenvalue weighted by Gasteiger charge is 2.16. The zero-order chi connectivity index (χ0) is 18.9. The van der Waals surface area contributed by atoms with Crippen LogP contribution >= 0.6 is 0 Å². The summed E-state index contributed by atoms with van der Waals surface area (Å²) in [6, 6.07) is 16.3. The second kappa shape index (κ2) is 9.76. The van der Waals surface area contributed by atoms with Crippen molar-refractivity contribution in [2.75, 3.05) is 6.61 Å². The van der Waals surface area contributed by atoms with Crippen LogP contribution in [0, 0.1) is 0 Å². The van der Waals surface area contributed by atoms with Crippen LogP contribution in [0.2, 0.25) is 0 Å². The van der Waals surface area contributed by atoms with Crippen LogP contribution < -0.4 is 10.1 Å². The van der Waals surface area contributed by atoms with E-state index in [2.05, 4.69) is 5.32 Å². The van der Waals surface area contributed by atoms with Gasteiger partial charge >= 0.3 is 5.97 Å². The Labute approximate surface area is 159 Å². The van der Waals surface area contributed by atoms with E-state index in [1.807, 2.05) is 30.3 Å². The van der Waals surface area contributed by atoms with Crippen LogP contribution in [0.5, 0.6) is 11.5 Å². The lowest BCUT2D eigenvalue weighted by Gasteiger charge is -2.16. The van der Waals surface area contributed by atoms with Crippen LogP contribution in [-0.4, -0.2) is 24.5 Å². The average Bonchev–Trinajstić information content (AvgIpc) is 2.96. The molecule has 0 spiro atoms. The summed E-state index contributed by atoms with van der Waals surface area (Å²) in [5.74, 6) is 0.445. The van der Waals surface area contributed by atoms with Gasteiger partial charge in [0.1, 0.15) is 11.5 Å². The third-order valence-electron chi connectivity index (χ3n) is 4.60. The summed E-state index contributed by atoms with van der Waals surface area (Å²) < 4.78 is 10.9. The smallest absolute Gasteiger partial charge is 0.338 e. The van der Waals surface area contributed by atoms with Crippen molar-refractivity contribution in [2.24, 2.45) is 0 Å². The number of rotatable bonds is 6. The molecule has 5 nitrogen and oxygen atoms in total. The van der Waals surface area contributed by atoms with Gasteiger partial charge in [0.05, 0.1) is 5.56 Å². The summed E-state index contributed by atoms with van der Waals surface area (Å²) in [4.78, 5) is 24.3. The first kappa shape index (κ1) is 19.0. The fraction of sp³-hybridized carbons (Fsp3) is 0.364. The molecule has 0 atom stereocenters. The predicted molar refractivity (Wildman–Crippen MR) is 103 cm³/mol. The van der Waals surface area contributed by atoms with Gasteiger partial charge in [0, 0.05) is 6.04 Å². The van der Waals surface area contributed by atoms with E-state index in [4.69, 9.17) is 9.47 Å². The monoisotopic (exact) mass is 367 g/mol. The van der Waals surface area contributed by atoms with Crippen molar-refractivity contribution in [3.8, 4) is 11.5 Å². The standard InChI is InChI=1S/C22H25NO4/c24-21(23-18-10-4-1-2-5-11-18)16-26-22(25)17-9-8-14-20(15-17)27-19-12-6-3-7-13-19/h3,6-9,12-15,18H,1-2,4-5,10-11,16H2,(H,23,24). The Balaban J connectivity index is 1.50. The molecule has 1 saturated carbocycles. The minimum atomic E-state index is -0.537. The van der Waals surface area contributed by atoms with Crippen LogP contribution in [0.4, 0.5) is 0 Å². The zero-order valence-electron chi connectivity index (χ0n) is 15.4. The van der Waals surface area contributed by atoms with Gasteiger partial charge in [0.15, 0.2) is 6.61 Å². The first-order valence-corrected chi connectivity index (χ1v) is 9.50. The van der Waals surface area contributed by atoms with Gasteiger partial charge in [-0.15, -0.1) is 0 Å². The van der Waals surface area contributed by atoms with Crippen LogP contribution in [-0.2, 0) is 9.53 Å². The molecule has 0 heterocycles. The van der Waals surface area contributed by atoms with E-state index >= 15 is 0 Å². The van der Waals surface area contributed by atoms with Gasteiger partial charge in [0.25, 0.3) is 5.91 Å². The Hall–Kier alpha value is -2.82. The van der Waals surface area contributed by atoms with E-state index in [9.17, 15) is 9.59 Å². The minimum Gasteiger partial charge on any atom is -0.457 e. The van der Waals surface area contributed by atoms with Crippen molar-refractivity contribution in [3.05, 3.63) is 60.2 Å². The Bertz CT molecular complexity index is 752. The number of ether oxygens (including phenoxy) is 2. The van der Waals surface area contributed by atoms with Crippen LogP contribution in [0.3, 0.4) is 0 Å². The van der Waals surface area contributed by atoms with Crippen LogP contribution in [0.25, 0.3) is 0 Å². The maximum Gasteiger partial charge on any atom is 0.338 e. The highest BCUT2D eigenvalue weighted by Crippen LogP contribution is 2.22. The van der Waals surface area contributed by atoms with Gasteiger partial charge in [-0.1, -0.05) is 49.9 Å². The van der Waals surface area contributed by atoms with Gasteiger partial charge in [0.2, 0.25) is 0 Å². The van der Waals surface area contributed by atoms with E-state index in [0.29, 0.717) is 17.1 Å². The van der Waals surface area contributed by atoms with Crippen LogP contribution in [0.15, 0.2) is 54.6 Å². The number of esters is 1. The predicted octanol–water partition coefficient (Wildman–Crippen LogP) is 4.47. The topological polar surface area (TPSA) is 64.6 Å². The number of amides is 1. The van der Waals surface area contributed by atoms with E-state index in [1.165, 1.54) is 12.8 Å². The number of carbonyl (C=O) groups is 2. The molecular formula is C22H25NO4. The van der Waals surface area contributed by atoms with Crippen molar-refractivity contribution in [3.63, 3.8) is 0 Å². The second-order valence-electron chi connectivity index (χ2n) is 6.78. The number of hydrogen-bond acceptors (Lipinski definition) is 4. The quantitative estimate of drug-likeness (QED) is 0.604. The molecule has 0 bridgehead atoms. The highest BCUT2D eigenvalue weighted by atomic mass is 16.5. The molecule has 1 aliphatic carbocycles. The molecule has 3 rings (SSSR count). The van der Waals surface area contributed by atoms with Crippen molar-refractivity contribution in [1.82, 2.24) is 5.32 Å². The molecule has 1 fully saturated rings. The molecule has 0 aliphatic heterocycles. The van der Waals surface area contributed by atoms with E-state index in [1.54, 1.807) is 24.3 Å². The molecule has 2 aromatic carbocycles. The average molecular weight is 367 g/mol. The maximum absolute atomic E-state index is 12.2. The first-order chi connectivity index (χ1) is 13.2. The minimum absolute atomic E-state index is 0.196. The van der Waals surface area contributed by atoms with Crippen molar-refractivity contribution in [2.45, 2.75) is 44.6 Å². The third-order valence-corrected chi connectivity index (χ3v) is 4.60. The zero-order valence-corrected chi connectivity index (χ0v) is 15.4. The van der Waals surface area contributed by atoms with Crippen LogP contribution in [0.1, 0.15) is 48.9 Å². The number of nitrogens with one attached hydrogen (secondary N) is 1. The molecule has 5 heteroatoms.